The van der Waals surface area contributed by atoms with Crippen molar-refractivity contribution in [3.05, 3.63) is 58.7 Å². The molecule has 0 aliphatic carbocycles. The molecular weight excluding hydrogens is 339 g/mol. The Morgan fingerprint density at radius 1 is 1.24 bits per heavy atom. The van der Waals surface area contributed by atoms with Crippen LogP contribution in [0.1, 0.15) is 10.4 Å². The summed E-state index contributed by atoms with van der Waals surface area (Å²) in [7, 11) is 0. The number of aromatic nitrogens is 4. The van der Waals surface area contributed by atoms with Gasteiger partial charge in [-0.25, -0.2) is 19.0 Å². The Hall–Kier alpha value is -2.41. The quantitative estimate of drug-likeness (QED) is 0.684. The van der Waals surface area contributed by atoms with Crippen molar-refractivity contribution in [2.24, 2.45) is 0 Å². The molecule has 0 bridgehead atoms. The molecule has 0 aliphatic heterocycles. The predicted molar refractivity (Wildman–Crippen MR) is 77.6 cm³/mol. The summed E-state index contributed by atoms with van der Waals surface area (Å²) in [6.07, 6.45) is 5.22. The third-order valence-corrected chi connectivity index (χ3v) is 3.31. The third kappa shape index (κ3) is 2.59. The fourth-order valence-electron chi connectivity index (χ4n) is 1.88. The predicted octanol–water partition coefficient (Wildman–Crippen LogP) is 3.04. The summed E-state index contributed by atoms with van der Waals surface area (Å²) < 4.78 is 16.0. The van der Waals surface area contributed by atoms with Gasteiger partial charge in [0.15, 0.2) is 6.29 Å². The summed E-state index contributed by atoms with van der Waals surface area (Å²) in [5.41, 5.74) is 0.765. The number of rotatable bonds is 3. The van der Waals surface area contributed by atoms with Gasteiger partial charge < -0.3 is 0 Å². The molecule has 0 unspecified atom stereocenters. The molecule has 0 amide bonds. The number of carbonyl (C=O) groups is 1. The maximum absolute atomic E-state index is 14.0. The number of halogens is 2. The first-order valence-electron chi connectivity index (χ1n) is 5.96. The molecule has 21 heavy (non-hydrogen) atoms. The molecule has 1 aromatic carbocycles. The zero-order valence-corrected chi connectivity index (χ0v) is 12.2. The van der Waals surface area contributed by atoms with E-state index in [1.807, 2.05) is 0 Å². The molecule has 0 atom stereocenters. The van der Waals surface area contributed by atoms with Crippen molar-refractivity contribution in [2.75, 3.05) is 0 Å². The van der Waals surface area contributed by atoms with E-state index in [0.29, 0.717) is 16.7 Å². The third-order valence-electron chi connectivity index (χ3n) is 2.81. The topological polar surface area (TPSA) is 60.7 Å². The van der Waals surface area contributed by atoms with Crippen LogP contribution in [-0.2, 0) is 0 Å². The molecule has 2 heterocycles. The Morgan fingerprint density at radius 2 is 2.00 bits per heavy atom. The summed E-state index contributed by atoms with van der Waals surface area (Å²) >= 11 is 3.19. The SMILES string of the molecule is O=Cc1cn(-c2ncccn2)nc1-c1ccc(Br)cc1F. The number of benzene rings is 1. The average Bonchev–Trinajstić information content (AvgIpc) is 2.92. The second-order valence-corrected chi connectivity index (χ2v) is 5.08. The van der Waals surface area contributed by atoms with Gasteiger partial charge in [-0.3, -0.25) is 4.79 Å². The summed E-state index contributed by atoms with van der Waals surface area (Å²) in [6.45, 7) is 0. The maximum Gasteiger partial charge on any atom is 0.250 e. The lowest BCUT2D eigenvalue weighted by atomic mass is 10.1. The van der Waals surface area contributed by atoms with Crippen LogP contribution in [0.2, 0.25) is 0 Å². The Labute approximate surface area is 127 Å². The molecule has 0 N–H and O–H groups in total. The van der Waals surface area contributed by atoms with Crippen molar-refractivity contribution in [1.82, 2.24) is 19.7 Å². The summed E-state index contributed by atoms with van der Waals surface area (Å²) in [4.78, 5) is 19.3. The van der Waals surface area contributed by atoms with Gasteiger partial charge in [0.1, 0.15) is 11.5 Å². The fourth-order valence-corrected chi connectivity index (χ4v) is 2.21. The molecule has 2 aromatic heterocycles. The monoisotopic (exact) mass is 346 g/mol. The number of nitrogens with zero attached hydrogens (tertiary/aromatic N) is 4. The van der Waals surface area contributed by atoms with Crippen LogP contribution in [0.3, 0.4) is 0 Å². The number of hydrogen-bond donors (Lipinski definition) is 0. The first-order chi connectivity index (χ1) is 10.2. The highest BCUT2D eigenvalue weighted by atomic mass is 79.9. The fraction of sp³-hybridized carbons (Fsp3) is 0. The Morgan fingerprint density at radius 3 is 2.67 bits per heavy atom. The summed E-state index contributed by atoms with van der Waals surface area (Å²) in [5.74, 6) is -0.156. The van der Waals surface area contributed by atoms with Crippen LogP contribution in [-0.4, -0.2) is 26.0 Å². The summed E-state index contributed by atoms with van der Waals surface area (Å²) in [5, 5.41) is 4.22. The molecule has 0 aliphatic rings. The lowest BCUT2D eigenvalue weighted by Crippen LogP contribution is -2.00. The molecular formula is C14H8BrFN4O. The van der Waals surface area contributed by atoms with Crippen LogP contribution in [0, 0.1) is 5.82 Å². The van der Waals surface area contributed by atoms with E-state index in [4.69, 9.17) is 0 Å². The second kappa shape index (κ2) is 5.53. The lowest BCUT2D eigenvalue weighted by molar-refractivity contribution is 0.112. The highest BCUT2D eigenvalue weighted by molar-refractivity contribution is 9.10. The standard InChI is InChI=1S/C14H8BrFN4O/c15-10-2-3-11(12(16)6-10)13-9(8-21)7-20(19-13)14-17-4-1-5-18-14/h1-8H. The van der Waals surface area contributed by atoms with Crippen molar-refractivity contribution in [1.29, 1.82) is 0 Å². The molecule has 0 saturated carbocycles. The van der Waals surface area contributed by atoms with Crippen LogP contribution >= 0.6 is 15.9 Å². The zero-order valence-electron chi connectivity index (χ0n) is 10.6. The number of hydrogen-bond acceptors (Lipinski definition) is 4. The molecule has 0 spiro atoms. The minimum Gasteiger partial charge on any atom is -0.298 e. The van der Waals surface area contributed by atoms with E-state index in [1.54, 1.807) is 30.6 Å². The van der Waals surface area contributed by atoms with Gasteiger partial charge in [0.2, 0.25) is 5.95 Å². The van der Waals surface area contributed by atoms with E-state index in [2.05, 4.69) is 31.0 Å². The number of carbonyl (C=O) groups excluding carboxylic acids is 1. The van der Waals surface area contributed by atoms with Gasteiger partial charge in [0, 0.05) is 28.6 Å². The smallest absolute Gasteiger partial charge is 0.250 e. The minimum absolute atomic E-state index is 0.245. The van der Waals surface area contributed by atoms with E-state index in [9.17, 15) is 9.18 Å². The van der Waals surface area contributed by atoms with Gasteiger partial charge in [0.05, 0.1) is 5.56 Å². The van der Waals surface area contributed by atoms with Crippen LogP contribution in [0.25, 0.3) is 17.2 Å². The largest absolute Gasteiger partial charge is 0.298 e. The van der Waals surface area contributed by atoms with Gasteiger partial charge in [-0.1, -0.05) is 15.9 Å². The molecule has 3 rings (SSSR count). The molecule has 5 nitrogen and oxygen atoms in total. The van der Waals surface area contributed by atoms with E-state index in [-0.39, 0.29) is 16.8 Å². The zero-order chi connectivity index (χ0) is 14.8. The Kier molecular flexibility index (Phi) is 3.57. The van der Waals surface area contributed by atoms with Crippen molar-refractivity contribution >= 4 is 22.2 Å². The van der Waals surface area contributed by atoms with Crippen molar-refractivity contribution in [3.63, 3.8) is 0 Å². The normalized spacial score (nSPS) is 10.6. The Balaban J connectivity index is 2.15. The molecule has 0 radical (unpaired) electrons. The summed E-state index contributed by atoms with van der Waals surface area (Å²) in [6, 6.07) is 6.24. The first kappa shape index (κ1) is 13.6. The molecule has 7 heteroatoms. The highest BCUT2D eigenvalue weighted by Gasteiger charge is 2.16. The number of aldehydes is 1. The van der Waals surface area contributed by atoms with Gasteiger partial charge in [-0.15, -0.1) is 0 Å². The van der Waals surface area contributed by atoms with Crippen molar-refractivity contribution < 1.29 is 9.18 Å². The Bertz CT molecular complexity index is 804. The van der Waals surface area contributed by atoms with Crippen LogP contribution < -0.4 is 0 Å². The lowest BCUT2D eigenvalue weighted by Gasteiger charge is -2.01. The van der Waals surface area contributed by atoms with Crippen LogP contribution in [0.5, 0.6) is 0 Å². The second-order valence-electron chi connectivity index (χ2n) is 4.17. The van der Waals surface area contributed by atoms with E-state index in [1.165, 1.54) is 16.9 Å². The van der Waals surface area contributed by atoms with E-state index < -0.39 is 5.82 Å². The molecule has 3 aromatic rings. The van der Waals surface area contributed by atoms with Crippen molar-refractivity contribution in [3.8, 4) is 17.2 Å². The van der Waals surface area contributed by atoms with E-state index >= 15 is 0 Å². The van der Waals surface area contributed by atoms with Gasteiger partial charge in [0.25, 0.3) is 0 Å². The van der Waals surface area contributed by atoms with Crippen LogP contribution in [0.15, 0.2) is 47.3 Å². The average molecular weight is 347 g/mol. The minimum atomic E-state index is -0.466. The molecule has 0 saturated heterocycles. The maximum atomic E-state index is 14.0. The van der Waals surface area contributed by atoms with Crippen molar-refractivity contribution in [2.45, 2.75) is 0 Å². The molecule has 104 valence electrons. The van der Waals surface area contributed by atoms with Crippen LogP contribution in [0.4, 0.5) is 4.39 Å². The molecule has 0 fully saturated rings. The van der Waals surface area contributed by atoms with E-state index in [0.717, 1.165) is 0 Å². The highest BCUT2D eigenvalue weighted by Crippen LogP contribution is 2.27. The first-order valence-corrected chi connectivity index (χ1v) is 6.76. The van der Waals surface area contributed by atoms with Gasteiger partial charge >= 0.3 is 0 Å². The van der Waals surface area contributed by atoms with Gasteiger partial charge in [-0.2, -0.15) is 5.10 Å². The van der Waals surface area contributed by atoms with Gasteiger partial charge in [-0.05, 0) is 24.3 Å².